The fraction of sp³-hybridized carbons (Fsp3) is 0.364. The Hall–Kier alpha value is -1.55. The van der Waals surface area contributed by atoms with E-state index in [1.807, 2.05) is 6.92 Å². The number of hydrogen-bond acceptors (Lipinski definition) is 3. The van der Waals surface area contributed by atoms with Crippen molar-refractivity contribution in [3.63, 3.8) is 0 Å². The van der Waals surface area contributed by atoms with Gasteiger partial charge in [-0.1, -0.05) is 0 Å². The van der Waals surface area contributed by atoms with E-state index in [2.05, 4.69) is 0 Å². The topological polar surface area (TPSA) is 66.6 Å². The number of carbonyl (C=O) groups is 1. The lowest BCUT2D eigenvalue weighted by molar-refractivity contribution is -0.117. The van der Waals surface area contributed by atoms with Gasteiger partial charge in [-0.2, -0.15) is 0 Å². The van der Waals surface area contributed by atoms with Crippen LogP contribution in [0, 0.1) is 6.92 Å². The summed E-state index contributed by atoms with van der Waals surface area (Å²) in [4.78, 5) is 13.3. The van der Waals surface area contributed by atoms with E-state index in [9.17, 15) is 9.90 Å². The molecule has 1 atom stereocenters. The van der Waals surface area contributed by atoms with Gasteiger partial charge in [0.15, 0.2) is 0 Å². The van der Waals surface area contributed by atoms with Crippen molar-refractivity contribution in [3.8, 4) is 5.75 Å². The van der Waals surface area contributed by atoms with Gasteiger partial charge in [0.25, 0.3) is 0 Å². The predicted molar refractivity (Wildman–Crippen MR) is 57.8 cm³/mol. The van der Waals surface area contributed by atoms with Gasteiger partial charge in [0.1, 0.15) is 5.75 Å². The third kappa shape index (κ3) is 1.80. The second-order valence-corrected chi connectivity index (χ2v) is 3.94. The number of anilines is 1. The second-order valence-electron chi connectivity index (χ2n) is 3.94. The van der Waals surface area contributed by atoms with Crippen LogP contribution in [0.3, 0.4) is 0 Å². The number of nitrogens with zero attached hydrogens (tertiary/aromatic N) is 1. The van der Waals surface area contributed by atoms with E-state index >= 15 is 0 Å². The average molecular weight is 206 g/mol. The Morgan fingerprint density at radius 3 is 2.80 bits per heavy atom. The zero-order valence-electron chi connectivity index (χ0n) is 8.60. The highest BCUT2D eigenvalue weighted by molar-refractivity contribution is 5.96. The number of aromatic hydroxyl groups is 1. The van der Waals surface area contributed by atoms with Gasteiger partial charge in [-0.15, -0.1) is 0 Å². The highest BCUT2D eigenvalue weighted by atomic mass is 16.3. The van der Waals surface area contributed by atoms with Crippen LogP contribution in [-0.4, -0.2) is 23.6 Å². The number of benzene rings is 1. The molecule has 1 saturated heterocycles. The Bertz CT molecular complexity index is 404. The summed E-state index contributed by atoms with van der Waals surface area (Å²) in [6.07, 6.45) is 0.403. The summed E-state index contributed by atoms with van der Waals surface area (Å²) in [7, 11) is 0. The van der Waals surface area contributed by atoms with E-state index in [4.69, 9.17) is 5.73 Å². The van der Waals surface area contributed by atoms with Crippen LogP contribution in [0.1, 0.15) is 12.0 Å². The Balaban J connectivity index is 2.34. The normalized spacial score (nSPS) is 21.1. The zero-order valence-corrected chi connectivity index (χ0v) is 8.60. The van der Waals surface area contributed by atoms with E-state index in [-0.39, 0.29) is 17.7 Å². The number of rotatable bonds is 1. The van der Waals surface area contributed by atoms with E-state index < -0.39 is 0 Å². The van der Waals surface area contributed by atoms with Gasteiger partial charge in [-0.25, -0.2) is 0 Å². The minimum atomic E-state index is -0.0781. The Labute approximate surface area is 88.3 Å². The number of aryl methyl sites for hydroxylation is 1. The van der Waals surface area contributed by atoms with E-state index in [1.54, 1.807) is 23.1 Å². The summed E-state index contributed by atoms with van der Waals surface area (Å²) in [6, 6.07) is 4.90. The van der Waals surface area contributed by atoms with Crippen LogP contribution < -0.4 is 10.6 Å². The molecule has 80 valence electrons. The van der Waals surface area contributed by atoms with Crippen LogP contribution in [0.4, 0.5) is 5.69 Å². The van der Waals surface area contributed by atoms with Gasteiger partial charge in [0, 0.05) is 24.7 Å². The Kier molecular flexibility index (Phi) is 2.36. The smallest absolute Gasteiger partial charge is 0.228 e. The van der Waals surface area contributed by atoms with Crippen molar-refractivity contribution in [2.45, 2.75) is 19.4 Å². The molecule has 0 saturated carbocycles. The van der Waals surface area contributed by atoms with Crippen molar-refractivity contribution in [3.05, 3.63) is 23.8 Å². The van der Waals surface area contributed by atoms with Crippen molar-refractivity contribution in [2.24, 2.45) is 5.73 Å². The fourth-order valence-corrected chi connectivity index (χ4v) is 1.91. The molecular weight excluding hydrogens is 192 g/mol. The lowest BCUT2D eigenvalue weighted by Crippen LogP contribution is -2.28. The van der Waals surface area contributed by atoms with Gasteiger partial charge in [-0.3, -0.25) is 4.79 Å². The van der Waals surface area contributed by atoms with Gasteiger partial charge in [-0.05, 0) is 30.7 Å². The number of nitrogens with two attached hydrogens (primary N) is 1. The molecule has 0 radical (unpaired) electrons. The lowest BCUT2D eigenvalue weighted by Gasteiger charge is -2.18. The molecule has 15 heavy (non-hydrogen) atoms. The summed E-state index contributed by atoms with van der Waals surface area (Å²) in [5.74, 6) is 0.267. The first-order valence-corrected chi connectivity index (χ1v) is 4.93. The Morgan fingerprint density at radius 2 is 2.27 bits per heavy atom. The molecule has 1 aliphatic heterocycles. The molecule has 1 amide bonds. The molecule has 4 nitrogen and oxygen atoms in total. The SMILES string of the molecule is Cc1cc(O)ccc1N1CC(N)CC1=O. The number of carbonyl (C=O) groups excluding carboxylic acids is 1. The van der Waals surface area contributed by atoms with E-state index in [0.29, 0.717) is 13.0 Å². The maximum absolute atomic E-state index is 11.6. The van der Waals surface area contributed by atoms with Crippen molar-refractivity contribution >= 4 is 11.6 Å². The van der Waals surface area contributed by atoms with E-state index in [1.165, 1.54) is 0 Å². The highest BCUT2D eigenvalue weighted by Crippen LogP contribution is 2.27. The quantitative estimate of drug-likeness (QED) is 0.713. The minimum absolute atomic E-state index is 0.0521. The number of amides is 1. The molecule has 4 heteroatoms. The molecule has 1 aliphatic rings. The molecule has 1 aromatic carbocycles. The number of phenolic OH excluding ortho intramolecular Hbond substituents is 1. The molecule has 0 bridgehead atoms. The highest BCUT2D eigenvalue weighted by Gasteiger charge is 2.28. The van der Waals surface area contributed by atoms with Crippen LogP contribution in [0.5, 0.6) is 5.75 Å². The van der Waals surface area contributed by atoms with Crippen molar-refractivity contribution in [1.29, 1.82) is 0 Å². The standard InChI is InChI=1S/C11H14N2O2/c1-7-4-9(14)2-3-10(7)13-6-8(12)5-11(13)15/h2-4,8,14H,5-6,12H2,1H3. The summed E-state index contributed by atoms with van der Waals surface area (Å²) in [5.41, 5.74) is 7.45. The van der Waals surface area contributed by atoms with Gasteiger partial charge >= 0.3 is 0 Å². The molecule has 1 heterocycles. The maximum atomic E-state index is 11.6. The predicted octanol–water partition coefficient (Wildman–Crippen LogP) is 0.765. The monoisotopic (exact) mass is 206 g/mol. The van der Waals surface area contributed by atoms with Crippen molar-refractivity contribution < 1.29 is 9.90 Å². The van der Waals surface area contributed by atoms with Gasteiger partial charge < -0.3 is 15.7 Å². The molecular formula is C11H14N2O2. The zero-order chi connectivity index (χ0) is 11.0. The molecule has 1 aromatic rings. The first-order chi connectivity index (χ1) is 7.08. The molecule has 0 aliphatic carbocycles. The summed E-state index contributed by atoms with van der Waals surface area (Å²) in [6.45, 7) is 2.43. The Morgan fingerprint density at radius 1 is 1.53 bits per heavy atom. The van der Waals surface area contributed by atoms with Crippen molar-refractivity contribution in [2.75, 3.05) is 11.4 Å². The van der Waals surface area contributed by atoms with Gasteiger partial charge in [0.05, 0.1) is 0 Å². The lowest BCUT2D eigenvalue weighted by atomic mass is 10.2. The molecule has 3 N–H and O–H groups in total. The molecule has 0 aromatic heterocycles. The van der Waals surface area contributed by atoms with Crippen LogP contribution in [-0.2, 0) is 4.79 Å². The molecule has 2 rings (SSSR count). The largest absolute Gasteiger partial charge is 0.508 e. The summed E-state index contributed by atoms with van der Waals surface area (Å²) < 4.78 is 0. The number of hydrogen-bond donors (Lipinski definition) is 2. The fourth-order valence-electron chi connectivity index (χ4n) is 1.91. The third-order valence-electron chi connectivity index (χ3n) is 2.63. The number of phenols is 1. The van der Waals surface area contributed by atoms with Crippen LogP contribution in [0.15, 0.2) is 18.2 Å². The third-order valence-corrected chi connectivity index (χ3v) is 2.63. The average Bonchev–Trinajstić information content (AvgIpc) is 2.45. The summed E-state index contributed by atoms with van der Waals surface area (Å²) in [5, 5.41) is 9.27. The van der Waals surface area contributed by atoms with Gasteiger partial charge in [0.2, 0.25) is 5.91 Å². The van der Waals surface area contributed by atoms with Crippen molar-refractivity contribution in [1.82, 2.24) is 0 Å². The van der Waals surface area contributed by atoms with Crippen LogP contribution in [0.2, 0.25) is 0 Å². The first kappa shape index (κ1) is 9.98. The van der Waals surface area contributed by atoms with E-state index in [0.717, 1.165) is 11.3 Å². The molecule has 0 spiro atoms. The first-order valence-electron chi connectivity index (χ1n) is 4.93. The van der Waals surface area contributed by atoms with Crippen LogP contribution >= 0.6 is 0 Å². The second kappa shape index (κ2) is 3.55. The summed E-state index contributed by atoms with van der Waals surface area (Å²) >= 11 is 0. The minimum Gasteiger partial charge on any atom is -0.508 e. The maximum Gasteiger partial charge on any atom is 0.228 e. The molecule has 1 fully saturated rings. The molecule has 1 unspecified atom stereocenters. The van der Waals surface area contributed by atoms with Crippen LogP contribution in [0.25, 0.3) is 0 Å².